The Morgan fingerprint density at radius 3 is 2.41 bits per heavy atom. The zero-order chi connectivity index (χ0) is 19.0. The lowest BCUT2D eigenvalue weighted by Crippen LogP contribution is -2.27. The van der Waals surface area contributed by atoms with E-state index in [0.717, 1.165) is 21.7 Å². The molecule has 1 amide bonds. The number of H-pyrrole nitrogens is 1. The van der Waals surface area contributed by atoms with E-state index in [0.29, 0.717) is 5.65 Å². The number of aryl methyl sites for hydroxylation is 1. The van der Waals surface area contributed by atoms with Crippen LogP contribution in [-0.4, -0.2) is 20.5 Å². The molecule has 7 heteroatoms. The van der Waals surface area contributed by atoms with Gasteiger partial charge in [-0.1, -0.05) is 42.1 Å². The predicted molar refractivity (Wildman–Crippen MR) is 105 cm³/mol. The molecule has 0 atom stereocenters. The molecule has 2 aromatic heterocycles. The Morgan fingerprint density at radius 1 is 1.07 bits per heavy atom. The number of hydrogen-bond donors (Lipinski definition) is 2. The molecule has 0 aliphatic heterocycles. The molecular formula is C20H16N4O2S. The zero-order valence-electron chi connectivity index (χ0n) is 14.5. The molecule has 0 saturated heterocycles. The fourth-order valence-electron chi connectivity index (χ4n) is 2.96. The van der Waals surface area contributed by atoms with Crippen molar-refractivity contribution >= 4 is 23.3 Å². The number of primary amides is 1. The van der Waals surface area contributed by atoms with Crippen molar-refractivity contribution in [3.63, 3.8) is 0 Å². The minimum atomic E-state index is -0.794. The number of rotatable bonds is 4. The molecule has 0 spiro atoms. The van der Waals surface area contributed by atoms with E-state index in [1.165, 1.54) is 15.6 Å². The maximum atomic E-state index is 12.4. The highest BCUT2D eigenvalue weighted by Crippen LogP contribution is 2.31. The number of fused-ring (bicyclic) bond motifs is 1. The van der Waals surface area contributed by atoms with Crippen LogP contribution in [0.4, 0.5) is 0 Å². The normalized spacial score (nSPS) is 11.0. The number of aromatic amines is 1. The summed E-state index contributed by atoms with van der Waals surface area (Å²) in [6.45, 7) is 1.86. The molecule has 0 saturated carbocycles. The smallest absolute Gasteiger partial charge is 0.285 e. The van der Waals surface area contributed by atoms with Gasteiger partial charge in [-0.05, 0) is 36.8 Å². The van der Waals surface area contributed by atoms with Gasteiger partial charge in [-0.2, -0.15) is 0 Å². The van der Waals surface area contributed by atoms with Crippen molar-refractivity contribution in [2.75, 3.05) is 0 Å². The molecule has 134 valence electrons. The van der Waals surface area contributed by atoms with Crippen molar-refractivity contribution < 1.29 is 4.79 Å². The average molecular weight is 376 g/mol. The summed E-state index contributed by atoms with van der Waals surface area (Å²) in [6, 6.07) is 18.2. The molecule has 0 aliphatic carbocycles. The first kappa shape index (κ1) is 17.1. The number of nitrogens with zero attached hydrogens (tertiary/aromatic N) is 2. The van der Waals surface area contributed by atoms with E-state index in [2.05, 4.69) is 22.2 Å². The second kappa shape index (κ2) is 6.77. The van der Waals surface area contributed by atoms with Gasteiger partial charge in [0.05, 0.1) is 0 Å². The second-order valence-corrected chi connectivity index (χ2v) is 7.20. The molecule has 0 unspecified atom stereocenters. The van der Waals surface area contributed by atoms with Gasteiger partial charge in [0.15, 0.2) is 5.65 Å². The minimum Gasteiger partial charge on any atom is -0.365 e. The summed E-state index contributed by atoms with van der Waals surface area (Å²) >= 11 is 1.68. The molecule has 0 fully saturated rings. The molecule has 4 rings (SSSR count). The molecule has 0 aliphatic rings. The summed E-state index contributed by atoms with van der Waals surface area (Å²) in [5.74, 6) is -0.794. The van der Waals surface area contributed by atoms with Gasteiger partial charge in [0.1, 0.15) is 5.56 Å². The molecule has 27 heavy (non-hydrogen) atoms. The number of amides is 1. The van der Waals surface area contributed by atoms with Gasteiger partial charge in [0.25, 0.3) is 11.5 Å². The Bertz CT molecular complexity index is 1190. The maximum Gasteiger partial charge on any atom is 0.285 e. The van der Waals surface area contributed by atoms with Crippen molar-refractivity contribution in [2.24, 2.45) is 5.73 Å². The number of carbonyl (C=O) groups excluding carboxylic acids is 1. The van der Waals surface area contributed by atoms with Crippen LogP contribution in [0.5, 0.6) is 0 Å². The number of carbonyl (C=O) groups is 1. The van der Waals surface area contributed by atoms with Gasteiger partial charge in [-0.25, -0.2) is 9.50 Å². The van der Waals surface area contributed by atoms with E-state index in [4.69, 9.17) is 5.73 Å². The van der Waals surface area contributed by atoms with Crippen LogP contribution < -0.4 is 11.3 Å². The third-order valence-electron chi connectivity index (χ3n) is 4.23. The quantitative estimate of drug-likeness (QED) is 0.572. The fraction of sp³-hybridized carbons (Fsp3) is 0.0500. The van der Waals surface area contributed by atoms with Crippen LogP contribution in [-0.2, 0) is 0 Å². The van der Waals surface area contributed by atoms with E-state index >= 15 is 0 Å². The molecule has 2 heterocycles. The third kappa shape index (κ3) is 3.13. The van der Waals surface area contributed by atoms with E-state index in [1.54, 1.807) is 11.8 Å². The second-order valence-electron chi connectivity index (χ2n) is 6.05. The van der Waals surface area contributed by atoms with Crippen LogP contribution in [0.15, 0.2) is 75.4 Å². The Hall–Kier alpha value is -3.32. The van der Waals surface area contributed by atoms with Crippen molar-refractivity contribution in [3.8, 4) is 11.1 Å². The van der Waals surface area contributed by atoms with Crippen molar-refractivity contribution in [1.29, 1.82) is 0 Å². The Morgan fingerprint density at radius 2 is 1.74 bits per heavy atom. The highest BCUT2D eigenvalue weighted by molar-refractivity contribution is 7.99. The van der Waals surface area contributed by atoms with Crippen molar-refractivity contribution in [1.82, 2.24) is 14.6 Å². The lowest BCUT2D eigenvalue weighted by atomic mass is 10.1. The molecule has 6 nitrogen and oxygen atoms in total. The largest absolute Gasteiger partial charge is 0.365 e. The standard InChI is InChI=1S/C20H16N4O2S/c1-12-17(19-22-11-16(18(21)25)20(26)24(19)23-12)13-7-9-15(10-8-13)27-14-5-3-2-4-6-14/h2-11,23H,1H3,(H2,21,25). The van der Waals surface area contributed by atoms with Crippen LogP contribution in [0.2, 0.25) is 0 Å². The molecule has 0 radical (unpaired) electrons. The summed E-state index contributed by atoms with van der Waals surface area (Å²) < 4.78 is 1.26. The highest BCUT2D eigenvalue weighted by Gasteiger charge is 2.17. The van der Waals surface area contributed by atoms with Crippen LogP contribution in [0.3, 0.4) is 0 Å². The van der Waals surface area contributed by atoms with E-state index in [-0.39, 0.29) is 5.56 Å². The molecule has 0 bridgehead atoms. The zero-order valence-corrected chi connectivity index (χ0v) is 15.3. The van der Waals surface area contributed by atoms with Crippen LogP contribution in [0.25, 0.3) is 16.8 Å². The number of nitrogens with two attached hydrogens (primary N) is 1. The van der Waals surface area contributed by atoms with E-state index in [9.17, 15) is 9.59 Å². The molecule has 4 aromatic rings. The fourth-order valence-corrected chi connectivity index (χ4v) is 3.79. The number of aromatic nitrogens is 3. The molecule has 3 N–H and O–H groups in total. The van der Waals surface area contributed by atoms with Gasteiger partial charge in [0, 0.05) is 27.2 Å². The SMILES string of the molecule is Cc1[nH]n2c(=O)c(C(N)=O)cnc2c1-c1ccc(Sc2ccccc2)cc1. The lowest BCUT2D eigenvalue weighted by molar-refractivity contribution is 0.0998. The Labute approximate surface area is 159 Å². The van der Waals surface area contributed by atoms with Gasteiger partial charge >= 0.3 is 0 Å². The number of nitrogens with one attached hydrogen (secondary N) is 1. The van der Waals surface area contributed by atoms with Crippen molar-refractivity contribution in [3.05, 3.63) is 82.4 Å². The third-order valence-corrected chi connectivity index (χ3v) is 5.24. The maximum absolute atomic E-state index is 12.4. The van der Waals surface area contributed by atoms with E-state index < -0.39 is 11.5 Å². The summed E-state index contributed by atoms with van der Waals surface area (Å²) in [5, 5.41) is 2.97. The molecular weight excluding hydrogens is 360 g/mol. The van der Waals surface area contributed by atoms with Crippen LogP contribution in [0.1, 0.15) is 16.1 Å². The first-order valence-electron chi connectivity index (χ1n) is 8.28. The first-order valence-corrected chi connectivity index (χ1v) is 9.10. The molecule has 2 aromatic carbocycles. The summed E-state index contributed by atoms with van der Waals surface area (Å²) in [5.41, 5.74) is 7.59. The number of hydrogen-bond acceptors (Lipinski definition) is 4. The monoisotopic (exact) mass is 376 g/mol. The average Bonchev–Trinajstić information content (AvgIpc) is 3.00. The topological polar surface area (TPSA) is 93.2 Å². The summed E-state index contributed by atoms with van der Waals surface area (Å²) in [7, 11) is 0. The Kier molecular flexibility index (Phi) is 4.29. The van der Waals surface area contributed by atoms with E-state index in [1.807, 2.05) is 49.4 Å². The first-order chi connectivity index (χ1) is 13.0. The number of benzene rings is 2. The highest BCUT2D eigenvalue weighted by atomic mass is 32.2. The lowest BCUT2D eigenvalue weighted by Gasteiger charge is -2.04. The summed E-state index contributed by atoms with van der Waals surface area (Å²) in [4.78, 5) is 30.3. The van der Waals surface area contributed by atoms with Gasteiger partial charge in [-0.15, -0.1) is 0 Å². The van der Waals surface area contributed by atoms with Crippen LogP contribution >= 0.6 is 11.8 Å². The van der Waals surface area contributed by atoms with Gasteiger partial charge in [-0.3, -0.25) is 14.7 Å². The van der Waals surface area contributed by atoms with Gasteiger partial charge < -0.3 is 5.73 Å². The van der Waals surface area contributed by atoms with Gasteiger partial charge in [0.2, 0.25) is 0 Å². The minimum absolute atomic E-state index is 0.144. The summed E-state index contributed by atoms with van der Waals surface area (Å²) in [6.07, 6.45) is 1.23. The van der Waals surface area contributed by atoms with Crippen molar-refractivity contribution in [2.45, 2.75) is 16.7 Å². The van der Waals surface area contributed by atoms with Crippen LogP contribution in [0, 0.1) is 6.92 Å². The Balaban J connectivity index is 1.74. The predicted octanol–water partition coefficient (Wildman–Crippen LogP) is 3.25.